The fraction of sp³-hybridized carbons (Fsp3) is 0.500. The molecule has 0 spiro atoms. The third-order valence-corrected chi connectivity index (χ3v) is 5.70. The van der Waals surface area contributed by atoms with Crippen LogP contribution in [0.3, 0.4) is 0 Å². The van der Waals surface area contributed by atoms with Gasteiger partial charge in [0.15, 0.2) is 12.6 Å². The lowest BCUT2D eigenvalue weighted by atomic mass is 10.0. The second kappa shape index (κ2) is 8.21. The Morgan fingerprint density at radius 1 is 1.13 bits per heavy atom. The summed E-state index contributed by atoms with van der Waals surface area (Å²) < 4.78 is 15.2. The summed E-state index contributed by atoms with van der Waals surface area (Å²) in [5.41, 5.74) is 0.581. The molecule has 0 radical (unpaired) electrons. The van der Waals surface area contributed by atoms with Crippen molar-refractivity contribution in [2.45, 2.75) is 24.9 Å². The molecule has 1 atom stereocenters. The lowest BCUT2D eigenvalue weighted by molar-refractivity contribution is -0.146. The molecule has 0 unspecified atom stereocenters. The average molecular weight is 417 g/mol. The van der Waals surface area contributed by atoms with Crippen molar-refractivity contribution in [3.8, 4) is 5.75 Å². The molecule has 2 fully saturated rings. The number of hydrogen-bond donors (Lipinski definition) is 0. The third kappa shape index (κ3) is 3.64. The number of piperidine rings is 1. The van der Waals surface area contributed by atoms with E-state index in [0.717, 1.165) is 0 Å². The number of likely N-dealkylation sites (tertiary alicyclic amines) is 1. The zero-order chi connectivity index (χ0) is 21.3. The molecule has 30 heavy (non-hydrogen) atoms. The number of carbonyl (C=O) groups excluding carboxylic acids is 4. The van der Waals surface area contributed by atoms with E-state index in [0.29, 0.717) is 37.4 Å². The van der Waals surface area contributed by atoms with E-state index in [2.05, 4.69) is 0 Å². The SMILES string of the molecule is COC(=O)[C@@H]1COC(=O)N1C1CCN(C(=O)CN2C(=O)COc3ccccc32)CC1. The molecule has 1 aromatic rings. The van der Waals surface area contributed by atoms with Crippen LogP contribution >= 0.6 is 0 Å². The van der Waals surface area contributed by atoms with Gasteiger partial charge in [-0.3, -0.25) is 19.4 Å². The van der Waals surface area contributed by atoms with E-state index in [1.54, 1.807) is 23.1 Å². The van der Waals surface area contributed by atoms with Crippen molar-refractivity contribution >= 4 is 29.6 Å². The largest absolute Gasteiger partial charge is 0.482 e. The molecule has 0 N–H and O–H groups in total. The topological polar surface area (TPSA) is 106 Å². The van der Waals surface area contributed by atoms with Crippen LogP contribution in [-0.2, 0) is 23.9 Å². The van der Waals surface area contributed by atoms with Crippen molar-refractivity contribution in [1.29, 1.82) is 0 Å². The van der Waals surface area contributed by atoms with Crippen LogP contribution in [0.5, 0.6) is 5.75 Å². The molecular weight excluding hydrogens is 394 g/mol. The van der Waals surface area contributed by atoms with Crippen molar-refractivity contribution in [2.24, 2.45) is 0 Å². The zero-order valence-electron chi connectivity index (χ0n) is 16.6. The molecule has 3 amide bonds. The number of rotatable bonds is 4. The fourth-order valence-corrected chi connectivity index (χ4v) is 4.11. The molecule has 0 bridgehead atoms. The number of fused-ring (bicyclic) bond motifs is 1. The molecule has 10 heteroatoms. The second-order valence-corrected chi connectivity index (χ2v) is 7.37. The summed E-state index contributed by atoms with van der Waals surface area (Å²) in [5, 5.41) is 0. The quantitative estimate of drug-likeness (QED) is 0.653. The van der Waals surface area contributed by atoms with Crippen LogP contribution in [0, 0.1) is 0 Å². The standard InChI is InChI=1S/C20H23N3O7/c1-28-19(26)15-11-30-20(27)23(15)13-6-8-21(9-7-13)17(24)10-22-14-4-2-3-5-16(14)29-12-18(22)25/h2-5,13,15H,6-12H2,1H3/t15-/m0/s1. The van der Waals surface area contributed by atoms with E-state index in [1.165, 1.54) is 16.9 Å². The van der Waals surface area contributed by atoms with Crippen molar-refractivity contribution in [3.05, 3.63) is 24.3 Å². The lowest BCUT2D eigenvalue weighted by Gasteiger charge is -2.38. The van der Waals surface area contributed by atoms with Crippen LogP contribution in [-0.4, -0.2) is 85.7 Å². The minimum absolute atomic E-state index is 0.0246. The number of para-hydroxylation sites is 2. The maximum atomic E-state index is 12.8. The van der Waals surface area contributed by atoms with E-state index in [9.17, 15) is 19.2 Å². The number of ether oxygens (including phenoxy) is 3. The predicted molar refractivity (Wildman–Crippen MR) is 103 cm³/mol. The van der Waals surface area contributed by atoms with Gasteiger partial charge in [-0.05, 0) is 25.0 Å². The van der Waals surface area contributed by atoms with Gasteiger partial charge in [0.05, 0.1) is 12.8 Å². The van der Waals surface area contributed by atoms with Gasteiger partial charge < -0.3 is 19.1 Å². The van der Waals surface area contributed by atoms with Crippen LogP contribution in [0.1, 0.15) is 12.8 Å². The second-order valence-electron chi connectivity index (χ2n) is 7.37. The maximum absolute atomic E-state index is 12.8. The highest BCUT2D eigenvalue weighted by atomic mass is 16.6. The number of methoxy groups -OCH3 is 1. The number of cyclic esters (lactones) is 1. The summed E-state index contributed by atoms with van der Waals surface area (Å²) >= 11 is 0. The highest BCUT2D eigenvalue weighted by Gasteiger charge is 2.44. The Morgan fingerprint density at radius 3 is 2.60 bits per heavy atom. The normalized spacial score (nSPS) is 21.8. The first kappa shape index (κ1) is 20.0. The van der Waals surface area contributed by atoms with Gasteiger partial charge in [0.25, 0.3) is 5.91 Å². The first-order valence-corrected chi connectivity index (χ1v) is 9.82. The zero-order valence-corrected chi connectivity index (χ0v) is 16.6. The summed E-state index contributed by atoms with van der Waals surface area (Å²) in [4.78, 5) is 53.7. The minimum atomic E-state index is -0.753. The van der Waals surface area contributed by atoms with Gasteiger partial charge >= 0.3 is 12.1 Å². The molecule has 2 saturated heterocycles. The van der Waals surface area contributed by atoms with Gasteiger partial charge in [0.2, 0.25) is 5.91 Å². The highest BCUT2D eigenvalue weighted by molar-refractivity contribution is 6.02. The number of carbonyl (C=O) groups is 4. The Labute approximate surface area is 173 Å². The molecule has 3 aliphatic rings. The van der Waals surface area contributed by atoms with Crippen LogP contribution < -0.4 is 9.64 Å². The van der Waals surface area contributed by atoms with Gasteiger partial charge in [-0.1, -0.05) is 12.1 Å². The molecule has 0 aliphatic carbocycles. The van der Waals surface area contributed by atoms with Gasteiger partial charge in [-0.2, -0.15) is 0 Å². The smallest absolute Gasteiger partial charge is 0.410 e. The summed E-state index contributed by atoms with van der Waals surface area (Å²) in [7, 11) is 1.27. The monoisotopic (exact) mass is 417 g/mol. The molecule has 10 nitrogen and oxygen atoms in total. The van der Waals surface area contributed by atoms with Gasteiger partial charge in [-0.25, -0.2) is 9.59 Å². The summed E-state index contributed by atoms with van der Waals surface area (Å²) in [6, 6.07) is 6.15. The predicted octanol–water partition coefficient (Wildman–Crippen LogP) is 0.397. The Balaban J connectivity index is 1.38. The molecule has 3 aliphatic heterocycles. The first-order chi connectivity index (χ1) is 14.5. The van der Waals surface area contributed by atoms with E-state index < -0.39 is 18.1 Å². The van der Waals surface area contributed by atoms with Crippen molar-refractivity contribution < 1.29 is 33.4 Å². The Morgan fingerprint density at radius 2 is 1.87 bits per heavy atom. The number of hydrogen-bond acceptors (Lipinski definition) is 7. The Kier molecular flexibility index (Phi) is 5.47. The van der Waals surface area contributed by atoms with Crippen LogP contribution in [0.15, 0.2) is 24.3 Å². The number of esters is 1. The number of nitrogens with zero attached hydrogens (tertiary/aromatic N) is 3. The van der Waals surface area contributed by atoms with Crippen LogP contribution in [0.2, 0.25) is 0 Å². The first-order valence-electron chi connectivity index (χ1n) is 9.82. The van der Waals surface area contributed by atoms with Gasteiger partial charge in [-0.15, -0.1) is 0 Å². The summed E-state index contributed by atoms with van der Waals surface area (Å²) in [6.45, 7) is 0.644. The van der Waals surface area contributed by atoms with E-state index in [-0.39, 0.29) is 37.6 Å². The Bertz CT molecular complexity index is 866. The molecule has 1 aromatic carbocycles. The van der Waals surface area contributed by atoms with Gasteiger partial charge in [0.1, 0.15) is 18.9 Å². The average Bonchev–Trinajstić information content (AvgIpc) is 3.16. The molecule has 0 saturated carbocycles. The van der Waals surface area contributed by atoms with Crippen molar-refractivity contribution in [3.63, 3.8) is 0 Å². The minimum Gasteiger partial charge on any atom is -0.482 e. The van der Waals surface area contributed by atoms with E-state index in [4.69, 9.17) is 14.2 Å². The van der Waals surface area contributed by atoms with Gasteiger partial charge in [0, 0.05) is 19.1 Å². The van der Waals surface area contributed by atoms with Crippen LogP contribution in [0.25, 0.3) is 0 Å². The van der Waals surface area contributed by atoms with Crippen molar-refractivity contribution in [2.75, 3.05) is 44.9 Å². The highest BCUT2D eigenvalue weighted by Crippen LogP contribution is 2.31. The summed E-state index contributed by atoms with van der Waals surface area (Å²) in [5.74, 6) is -0.376. The molecular formula is C20H23N3O7. The molecule has 0 aromatic heterocycles. The maximum Gasteiger partial charge on any atom is 0.410 e. The summed E-state index contributed by atoms with van der Waals surface area (Å²) in [6.07, 6.45) is 0.495. The molecule has 3 heterocycles. The third-order valence-electron chi connectivity index (χ3n) is 5.70. The Hall–Kier alpha value is -3.30. The van der Waals surface area contributed by atoms with E-state index >= 15 is 0 Å². The van der Waals surface area contributed by atoms with Crippen LogP contribution in [0.4, 0.5) is 10.5 Å². The van der Waals surface area contributed by atoms with E-state index in [1.807, 2.05) is 6.07 Å². The number of amides is 3. The fourth-order valence-electron chi connectivity index (χ4n) is 4.11. The number of anilines is 1. The lowest BCUT2D eigenvalue weighted by Crippen LogP contribution is -2.53. The molecule has 160 valence electrons. The van der Waals surface area contributed by atoms with Crippen molar-refractivity contribution in [1.82, 2.24) is 9.80 Å². The number of benzene rings is 1. The molecule has 4 rings (SSSR count).